The van der Waals surface area contributed by atoms with Crippen molar-refractivity contribution in [3.05, 3.63) is 40.3 Å². The van der Waals surface area contributed by atoms with Gasteiger partial charge in [-0.25, -0.2) is 4.98 Å². The summed E-state index contributed by atoms with van der Waals surface area (Å²) >= 11 is 0. The minimum Gasteiger partial charge on any atom is -0.367 e. The lowest BCUT2D eigenvalue weighted by molar-refractivity contribution is 0.444. The molecule has 2 aromatic heterocycles. The van der Waals surface area contributed by atoms with Crippen molar-refractivity contribution >= 4 is 17.7 Å². The number of aromatic nitrogens is 2. The molecule has 1 N–H and O–H groups in total. The molecular formula is C21H28N4O. The van der Waals surface area contributed by atoms with Gasteiger partial charge in [0, 0.05) is 24.5 Å². The molecule has 26 heavy (non-hydrogen) atoms. The van der Waals surface area contributed by atoms with Crippen molar-refractivity contribution < 1.29 is 0 Å². The summed E-state index contributed by atoms with van der Waals surface area (Å²) in [4.78, 5) is 22.6. The second-order valence-electron chi connectivity index (χ2n) is 7.66. The van der Waals surface area contributed by atoms with Crippen molar-refractivity contribution in [2.45, 2.75) is 76.3 Å². The number of hydrogen-bond acceptors (Lipinski definition) is 4. The SMILES string of the molecule is O=c1c(C=NC2CCCCC2)c(NC2CCCCC2)nc2ccccn12. The highest BCUT2D eigenvalue weighted by atomic mass is 16.1. The summed E-state index contributed by atoms with van der Waals surface area (Å²) in [5, 5.41) is 3.55. The number of rotatable bonds is 4. The second-order valence-corrected chi connectivity index (χ2v) is 7.66. The van der Waals surface area contributed by atoms with E-state index < -0.39 is 0 Å². The van der Waals surface area contributed by atoms with Crippen molar-refractivity contribution in [3.8, 4) is 0 Å². The quantitative estimate of drug-likeness (QED) is 0.839. The van der Waals surface area contributed by atoms with Gasteiger partial charge in [0.1, 0.15) is 17.0 Å². The first-order chi connectivity index (χ1) is 12.8. The molecule has 0 amide bonds. The van der Waals surface area contributed by atoms with E-state index in [0.717, 1.165) is 25.7 Å². The first-order valence-corrected chi connectivity index (χ1v) is 10.1. The van der Waals surface area contributed by atoms with Crippen LogP contribution in [-0.2, 0) is 0 Å². The van der Waals surface area contributed by atoms with Crippen LogP contribution in [0.2, 0.25) is 0 Å². The fourth-order valence-corrected chi connectivity index (χ4v) is 4.18. The van der Waals surface area contributed by atoms with Crippen LogP contribution in [0.15, 0.2) is 34.2 Å². The number of fused-ring (bicyclic) bond motifs is 1. The van der Waals surface area contributed by atoms with Crippen molar-refractivity contribution in [2.75, 3.05) is 5.32 Å². The van der Waals surface area contributed by atoms with Crippen molar-refractivity contribution in [2.24, 2.45) is 4.99 Å². The third-order valence-electron chi connectivity index (χ3n) is 5.70. The molecular weight excluding hydrogens is 324 g/mol. The Morgan fingerprint density at radius 2 is 1.77 bits per heavy atom. The number of pyridine rings is 1. The Kier molecular flexibility index (Phi) is 5.32. The molecule has 2 aromatic rings. The molecule has 0 radical (unpaired) electrons. The van der Waals surface area contributed by atoms with Crippen molar-refractivity contribution in [1.29, 1.82) is 0 Å². The second kappa shape index (κ2) is 8.02. The van der Waals surface area contributed by atoms with Crippen molar-refractivity contribution in [1.82, 2.24) is 9.38 Å². The monoisotopic (exact) mass is 352 g/mol. The van der Waals surface area contributed by atoms with Crippen LogP contribution in [0.5, 0.6) is 0 Å². The number of aliphatic imine (C=N–C) groups is 1. The summed E-state index contributed by atoms with van der Waals surface area (Å²) in [6.45, 7) is 0. The molecule has 0 saturated heterocycles. The summed E-state index contributed by atoms with van der Waals surface area (Å²) in [5.74, 6) is 0.702. The van der Waals surface area contributed by atoms with Crippen LogP contribution in [0.25, 0.3) is 5.65 Å². The van der Waals surface area contributed by atoms with E-state index in [1.807, 2.05) is 18.2 Å². The molecule has 2 aliphatic rings. The normalized spacial score (nSPS) is 20.0. The first kappa shape index (κ1) is 17.3. The third kappa shape index (κ3) is 3.81. The summed E-state index contributed by atoms with van der Waals surface area (Å²) in [6.07, 6.45) is 15.7. The van der Waals surface area contributed by atoms with Crippen LogP contribution in [-0.4, -0.2) is 27.7 Å². The maximum atomic E-state index is 13.1. The Balaban J connectivity index is 1.69. The van der Waals surface area contributed by atoms with E-state index in [4.69, 9.17) is 9.98 Å². The molecule has 2 saturated carbocycles. The smallest absolute Gasteiger partial charge is 0.268 e. The fourth-order valence-electron chi connectivity index (χ4n) is 4.18. The van der Waals surface area contributed by atoms with Crippen LogP contribution < -0.4 is 10.9 Å². The number of nitrogens with zero attached hydrogens (tertiary/aromatic N) is 3. The lowest BCUT2D eigenvalue weighted by atomic mass is 9.95. The minimum atomic E-state index is -0.0338. The minimum absolute atomic E-state index is 0.0338. The van der Waals surface area contributed by atoms with E-state index in [1.165, 1.54) is 38.5 Å². The summed E-state index contributed by atoms with van der Waals surface area (Å²) in [6, 6.07) is 6.43. The molecule has 0 aliphatic heterocycles. The van der Waals surface area contributed by atoms with Gasteiger partial charge >= 0.3 is 0 Å². The van der Waals surface area contributed by atoms with Crippen LogP contribution in [0, 0.1) is 0 Å². The van der Waals surface area contributed by atoms with Gasteiger partial charge in [0.2, 0.25) is 0 Å². The zero-order valence-corrected chi connectivity index (χ0v) is 15.4. The summed E-state index contributed by atoms with van der Waals surface area (Å²) in [5.41, 5.74) is 1.25. The van der Waals surface area contributed by atoms with E-state index in [2.05, 4.69) is 5.32 Å². The standard InChI is InChI=1S/C21H28N4O/c26-21-18(15-22-16-9-3-1-4-10-16)20(23-17-11-5-2-6-12-17)24-19-13-7-8-14-25(19)21/h7-8,13-17,23H,1-6,9-12H2. The van der Waals surface area contributed by atoms with Gasteiger partial charge in [0.25, 0.3) is 5.56 Å². The highest BCUT2D eigenvalue weighted by Crippen LogP contribution is 2.23. The Morgan fingerprint density at radius 3 is 2.54 bits per heavy atom. The molecule has 0 unspecified atom stereocenters. The predicted octanol–water partition coefficient (Wildman–Crippen LogP) is 4.19. The van der Waals surface area contributed by atoms with E-state index in [9.17, 15) is 4.79 Å². The Bertz CT molecular complexity index is 830. The topological polar surface area (TPSA) is 58.8 Å². The Morgan fingerprint density at radius 1 is 1.04 bits per heavy atom. The van der Waals surface area contributed by atoms with Gasteiger partial charge < -0.3 is 5.32 Å². The van der Waals surface area contributed by atoms with Crippen LogP contribution in [0.4, 0.5) is 5.82 Å². The zero-order valence-electron chi connectivity index (χ0n) is 15.4. The molecule has 5 nitrogen and oxygen atoms in total. The number of anilines is 1. The van der Waals surface area contributed by atoms with Gasteiger partial charge in [-0.3, -0.25) is 14.2 Å². The van der Waals surface area contributed by atoms with E-state index >= 15 is 0 Å². The van der Waals surface area contributed by atoms with Gasteiger partial charge in [-0.15, -0.1) is 0 Å². The molecule has 5 heteroatoms. The Labute approximate surface area is 154 Å². The molecule has 0 spiro atoms. The van der Waals surface area contributed by atoms with E-state index in [1.54, 1.807) is 16.8 Å². The maximum absolute atomic E-state index is 13.1. The Hall–Kier alpha value is -2.17. The van der Waals surface area contributed by atoms with E-state index in [-0.39, 0.29) is 5.56 Å². The average Bonchev–Trinajstić information content (AvgIpc) is 2.69. The lowest BCUT2D eigenvalue weighted by Crippen LogP contribution is -2.28. The molecule has 2 fully saturated rings. The molecule has 0 aromatic carbocycles. The van der Waals surface area contributed by atoms with Crippen LogP contribution in [0.3, 0.4) is 0 Å². The maximum Gasteiger partial charge on any atom is 0.268 e. The van der Waals surface area contributed by atoms with E-state index in [0.29, 0.717) is 29.1 Å². The fraction of sp³-hybridized carbons (Fsp3) is 0.571. The van der Waals surface area contributed by atoms with Gasteiger partial charge in [0.05, 0.1) is 0 Å². The molecule has 0 atom stereocenters. The first-order valence-electron chi connectivity index (χ1n) is 10.1. The van der Waals surface area contributed by atoms with Gasteiger partial charge in [-0.05, 0) is 37.8 Å². The molecule has 2 heterocycles. The molecule has 4 rings (SSSR count). The zero-order chi connectivity index (χ0) is 17.8. The highest BCUT2D eigenvalue weighted by molar-refractivity contribution is 5.86. The average molecular weight is 352 g/mol. The largest absolute Gasteiger partial charge is 0.367 e. The highest BCUT2D eigenvalue weighted by Gasteiger charge is 2.18. The van der Waals surface area contributed by atoms with Gasteiger partial charge in [0.15, 0.2) is 0 Å². The van der Waals surface area contributed by atoms with Gasteiger partial charge in [-0.2, -0.15) is 0 Å². The van der Waals surface area contributed by atoms with Gasteiger partial charge in [-0.1, -0.05) is 44.6 Å². The number of nitrogens with one attached hydrogen (secondary N) is 1. The molecule has 2 aliphatic carbocycles. The van der Waals surface area contributed by atoms with Crippen LogP contribution >= 0.6 is 0 Å². The summed E-state index contributed by atoms with van der Waals surface area (Å²) in [7, 11) is 0. The summed E-state index contributed by atoms with van der Waals surface area (Å²) < 4.78 is 1.62. The lowest BCUT2D eigenvalue weighted by Gasteiger charge is -2.24. The molecule has 0 bridgehead atoms. The van der Waals surface area contributed by atoms with Crippen LogP contribution in [0.1, 0.15) is 69.8 Å². The molecule has 138 valence electrons. The predicted molar refractivity (Wildman–Crippen MR) is 106 cm³/mol. The van der Waals surface area contributed by atoms with Crippen molar-refractivity contribution in [3.63, 3.8) is 0 Å². The number of hydrogen-bond donors (Lipinski definition) is 1. The third-order valence-corrected chi connectivity index (χ3v) is 5.70.